The third kappa shape index (κ3) is 3.90. The highest BCUT2D eigenvalue weighted by atomic mass is 15.5. The van der Waals surface area contributed by atoms with Crippen molar-refractivity contribution in [2.24, 2.45) is 16.8 Å². The van der Waals surface area contributed by atoms with Crippen LogP contribution < -0.4 is 11.2 Å². The van der Waals surface area contributed by atoms with Gasteiger partial charge in [0.25, 0.3) is 0 Å². The van der Waals surface area contributed by atoms with Gasteiger partial charge in [-0.25, -0.2) is 0 Å². The number of rotatable bonds is 6. The van der Waals surface area contributed by atoms with E-state index in [9.17, 15) is 0 Å². The maximum absolute atomic E-state index is 5.86. The fourth-order valence-electron chi connectivity index (χ4n) is 1.28. The van der Waals surface area contributed by atoms with Crippen LogP contribution in [0.3, 0.4) is 0 Å². The Labute approximate surface area is 102 Å². The zero-order valence-corrected chi connectivity index (χ0v) is 10.6. The first-order chi connectivity index (χ1) is 8.04. The Morgan fingerprint density at radius 2 is 2.35 bits per heavy atom. The van der Waals surface area contributed by atoms with Crippen LogP contribution >= 0.6 is 0 Å². The van der Waals surface area contributed by atoms with E-state index >= 15 is 0 Å². The molecule has 0 aliphatic rings. The van der Waals surface area contributed by atoms with Gasteiger partial charge in [-0.15, -0.1) is 0 Å². The van der Waals surface area contributed by atoms with Crippen molar-refractivity contribution < 1.29 is 0 Å². The maximum Gasteiger partial charge on any atom is 0.0852 e. The maximum atomic E-state index is 5.86. The van der Waals surface area contributed by atoms with Gasteiger partial charge in [0.05, 0.1) is 18.4 Å². The van der Waals surface area contributed by atoms with E-state index in [1.165, 1.54) is 0 Å². The van der Waals surface area contributed by atoms with Crippen molar-refractivity contribution in [2.45, 2.75) is 33.2 Å². The Balaban J connectivity index is 2.60. The Kier molecular flexibility index (Phi) is 4.68. The fourth-order valence-corrected chi connectivity index (χ4v) is 1.28. The van der Waals surface area contributed by atoms with Gasteiger partial charge in [-0.05, 0) is 5.92 Å². The number of nitrogens with zero attached hydrogens (tertiary/aromatic N) is 4. The highest BCUT2D eigenvalue weighted by Crippen LogP contribution is 2.11. The average Bonchev–Trinajstić information content (AvgIpc) is 2.74. The van der Waals surface area contributed by atoms with E-state index in [2.05, 4.69) is 41.3 Å². The molecule has 0 aliphatic carbocycles. The summed E-state index contributed by atoms with van der Waals surface area (Å²) in [6.45, 7) is 10.1. The molecule has 17 heavy (non-hydrogen) atoms. The predicted molar refractivity (Wildman–Crippen MR) is 68.2 cm³/mol. The van der Waals surface area contributed by atoms with Crippen molar-refractivity contribution in [2.75, 3.05) is 0 Å². The Hall–Kier alpha value is -1.85. The molecule has 1 heterocycles. The molecule has 3 N–H and O–H groups in total. The molecule has 1 aromatic rings. The lowest BCUT2D eigenvalue weighted by molar-refractivity contribution is 0.444. The molecule has 1 atom stereocenters. The van der Waals surface area contributed by atoms with Gasteiger partial charge in [0.2, 0.25) is 0 Å². The lowest BCUT2D eigenvalue weighted by atomic mass is 10.1. The summed E-state index contributed by atoms with van der Waals surface area (Å²) in [5, 5.41) is 12.1. The van der Waals surface area contributed by atoms with Crippen molar-refractivity contribution >= 4 is 6.72 Å². The van der Waals surface area contributed by atoms with Gasteiger partial charge in [-0.3, -0.25) is 5.43 Å². The topological polar surface area (TPSA) is 81.1 Å². The van der Waals surface area contributed by atoms with Crippen LogP contribution in [0.25, 0.3) is 0 Å². The monoisotopic (exact) mass is 236 g/mol. The Morgan fingerprint density at radius 3 is 2.88 bits per heavy atom. The van der Waals surface area contributed by atoms with E-state index in [4.69, 9.17) is 5.73 Å². The largest absolute Gasteiger partial charge is 0.401 e. The van der Waals surface area contributed by atoms with Crippen LogP contribution in [0, 0.1) is 5.92 Å². The molecule has 6 heteroatoms. The van der Waals surface area contributed by atoms with Crippen LogP contribution in [0.2, 0.25) is 0 Å². The third-order valence-electron chi connectivity index (χ3n) is 2.47. The van der Waals surface area contributed by atoms with Crippen LogP contribution in [0.1, 0.15) is 32.4 Å². The number of hydrogen-bond donors (Lipinski definition) is 2. The van der Waals surface area contributed by atoms with Crippen molar-refractivity contribution in [3.05, 3.63) is 23.8 Å². The third-order valence-corrected chi connectivity index (χ3v) is 2.47. The normalized spacial score (nSPS) is 13.8. The van der Waals surface area contributed by atoms with Gasteiger partial charge in [0.1, 0.15) is 0 Å². The molecule has 0 amide bonds. The van der Waals surface area contributed by atoms with Gasteiger partial charge in [-0.1, -0.05) is 20.8 Å². The van der Waals surface area contributed by atoms with Gasteiger partial charge >= 0.3 is 0 Å². The number of aromatic nitrogens is 3. The Bertz CT molecular complexity index is 392. The first kappa shape index (κ1) is 13.2. The van der Waals surface area contributed by atoms with Gasteiger partial charge in [0, 0.05) is 24.5 Å². The first-order valence-corrected chi connectivity index (χ1v) is 5.61. The van der Waals surface area contributed by atoms with Crippen LogP contribution in [-0.4, -0.2) is 21.7 Å². The molecular formula is C11H20N6. The second-order valence-corrected chi connectivity index (χ2v) is 4.31. The van der Waals surface area contributed by atoms with Crippen molar-refractivity contribution in [3.63, 3.8) is 0 Å². The molecule has 0 aliphatic heterocycles. The lowest BCUT2D eigenvalue weighted by Gasteiger charge is -2.10. The second kappa shape index (κ2) is 6.03. The van der Waals surface area contributed by atoms with Gasteiger partial charge in [0.15, 0.2) is 0 Å². The molecular weight excluding hydrogens is 216 g/mol. The van der Waals surface area contributed by atoms with Crippen molar-refractivity contribution in [1.29, 1.82) is 0 Å². The van der Waals surface area contributed by atoms with E-state index in [-0.39, 0.29) is 5.92 Å². The second-order valence-electron chi connectivity index (χ2n) is 4.31. The number of nitrogens with two attached hydrogens (primary N) is 1. The summed E-state index contributed by atoms with van der Waals surface area (Å²) < 4.78 is 0. The molecule has 0 saturated heterocycles. The number of hydrazone groups is 1. The number of hydrogen-bond acceptors (Lipinski definition) is 5. The molecule has 0 bridgehead atoms. The number of nitrogens with one attached hydrogen (secondary N) is 1. The minimum Gasteiger partial charge on any atom is -0.401 e. The Morgan fingerprint density at radius 1 is 1.65 bits per heavy atom. The molecule has 1 rings (SSSR count). The van der Waals surface area contributed by atoms with Crippen LogP contribution in [0.5, 0.6) is 0 Å². The van der Waals surface area contributed by atoms with Gasteiger partial charge in [-0.2, -0.15) is 20.1 Å². The molecule has 94 valence electrons. The van der Waals surface area contributed by atoms with E-state index in [1.807, 2.05) is 6.92 Å². The van der Waals surface area contributed by atoms with Crippen molar-refractivity contribution in [1.82, 2.24) is 20.4 Å². The minimum absolute atomic E-state index is 0.136. The smallest absolute Gasteiger partial charge is 0.0852 e. The predicted octanol–water partition coefficient (Wildman–Crippen LogP) is 1.04. The zero-order valence-electron chi connectivity index (χ0n) is 10.6. The molecule has 0 aromatic carbocycles. The summed E-state index contributed by atoms with van der Waals surface area (Å²) in [7, 11) is 0. The SMILES string of the molecule is C=NNC=C(N)C(C)Cn1ncc(C(C)C)n1. The molecule has 6 nitrogen and oxygen atoms in total. The molecule has 0 radical (unpaired) electrons. The summed E-state index contributed by atoms with van der Waals surface area (Å²) in [4.78, 5) is 1.67. The van der Waals surface area contributed by atoms with Crippen LogP contribution in [0.15, 0.2) is 23.2 Å². The van der Waals surface area contributed by atoms with E-state index in [1.54, 1.807) is 17.2 Å². The first-order valence-electron chi connectivity index (χ1n) is 5.61. The summed E-state index contributed by atoms with van der Waals surface area (Å²) in [6.07, 6.45) is 3.42. The fraction of sp³-hybridized carbons (Fsp3) is 0.545. The zero-order chi connectivity index (χ0) is 12.8. The standard InChI is InChI=1S/C11H20N6/c1-8(2)11-6-15-17(16-11)7-9(3)10(12)5-14-13-4/h5-6,8-9,14H,4,7,12H2,1-3H3. The average molecular weight is 236 g/mol. The summed E-state index contributed by atoms with van der Waals surface area (Å²) in [5.74, 6) is 0.523. The van der Waals surface area contributed by atoms with Crippen LogP contribution in [0.4, 0.5) is 0 Å². The molecule has 0 fully saturated rings. The highest BCUT2D eigenvalue weighted by Gasteiger charge is 2.10. The van der Waals surface area contributed by atoms with Crippen molar-refractivity contribution in [3.8, 4) is 0 Å². The van der Waals surface area contributed by atoms with E-state index in [0.717, 1.165) is 5.69 Å². The molecule has 0 saturated carbocycles. The summed E-state index contributed by atoms with van der Waals surface area (Å²) in [5.41, 5.74) is 10.2. The number of allylic oxidation sites excluding steroid dienone is 1. The molecule has 0 spiro atoms. The summed E-state index contributed by atoms with van der Waals surface area (Å²) >= 11 is 0. The minimum atomic E-state index is 0.136. The quantitative estimate of drug-likeness (QED) is 0.571. The molecule has 1 unspecified atom stereocenters. The highest BCUT2D eigenvalue weighted by molar-refractivity contribution is 5.22. The van der Waals surface area contributed by atoms with E-state index < -0.39 is 0 Å². The van der Waals surface area contributed by atoms with Gasteiger partial charge < -0.3 is 5.73 Å². The summed E-state index contributed by atoms with van der Waals surface area (Å²) in [6, 6.07) is 0. The van der Waals surface area contributed by atoms with Crippen LogP contribution in [-0.2, 0) is 6.54 Å². The molecule has 1 aromatic heterocycles. The lowest BCUT2D eigenvalue weighted by Crippen LogP contribution is -2.18. The van der Waals surface area contributed by atoms with E-state index in [0.29, 0.717) is 18.2 Å².